The summed E-state index contributed by atoms with van der Waals surface area (Å²) in [7, 11) is 0. The number of allylic oxidation sites excluding steroid dienone is 8. The summed E-state index contributed by atoms with van der Waals surface area (Å²) in [4.78, 5) is 0. The molecule has 9 heteroatoms. The maximum atomic E-state index is 13.3. The van der Waals surface area contributed by atoms with Crippen LogP contribution in [0.5, 0.6) is 11.5 Å². The normalized spacial score (nSPS) is 15.8. The van der Waals surface area contributed by atoms with Crippen LogP contribution >= 0.6 is 0 Å². The second kappa shape index (κ2) is 10.2. The molecule has 0 bridgehead atoms. The molecule has 2 nitrogen and oxygen atoms in total. The van der Waals surface area contributed by atoms with Gasteiger partial charge in [0.1, 0.15) is 0 Å². The Morgan fingerprint density at radius 2 is 1.03 bits per heavy atom. The van der Waals surface area contributed by atoms with E-state index < -0.39 is 46.3 Å². The third-order valence-corrected chi connectivity index (χ3v) is 14.1. The van der Waals surface area contributed by atoms with Crippen molar-refractivity contribution in [1.82, 2.24) is 0 Å². The SMILES string of the molecule is FC(F)(F)Cc1ccccc1[O][Zr]([O]c1ccccc1CC(F)(F)F)([C]1=CC=CC1)[C]1=CC=CC1. The van der Waals surface area contributed by atoms with Gasteiger partial charge in [-0.2, -0.15) is 0 Å². The van der Waals surface area contributed by atoms with Gasteiger partial charge in [0.15, 0.2) is 0 Å². The zero-order valence-electron chi connectivity index (χ0n) is 18.5. The first-order valence-electron chi connectivity index (χ1n) is 11.0. The number of alkyl halides is 6. The molecule has 0 radical (unpaired) electrons. The fourth-order valence-corrected chi connectivity index (χ4v) is 12.5. The van der Waals surface area contributed by atoms with Crippen molar-refractivity contribution in [3.05, 3.63) is 103 Å². The van der Waals surface area contributed by atoms with Gasteiger partial charge in [0.25, 0.3) is 0 Å². The van der Waals surface area contributed by atoms with Crippen molar-refractivity contribution in [2.24, 2.45) is 0 Å². The molecule has 0 unspecified atom stereocenters. The Morgan fingerprint density at radius 3 is 1.37 bits per heavy atom. The quantitative estimate of drug-likeness (QED) is 0.299. The van der Waals surface area contributed by atoms with Crippen LogP contribution in [-0.2, 0) is 34.0 Å². The Balaban J connectivity index is 1.83. The number of benzene rings is 2. The molecule has 0 amide bonds. The molecule has 35 heavy (non-hydrogen) atoms. The molecule has 184 valence electrons. The van der Waals surface area contributed by atoms with Gasteiger partial charge in [-0.15, -0.1) is 0 Å². The van der Waals surface area contributed by atoms with Gasteiger partial charge in [0.2, 0.25) is 0 Å². The van der Waals surface area contributed by atoms with E-state index in [0.717, 1.165) is 6.56 Å². The molecule has 0 aliphatic heterocycles. The van der Waals surface area contributed by atoms with E-state index in [-0.39, 0.29) is 22.6 Å². The van der Waals surface area contributed by atoms with Crippen LogP contribution < -0.4 is 5.63 Å². The average Bonchev–Trinajstić information content (AvgIpc) is 3.49. The number of halogens is 6. The maximum absolute atomic E-state index is 13.3. The van der Waals surface area contributed by atoms with E-state index in [4.69, 9.17) is 5.63 Å². The second-order valence-electron chi connectivity index (χ2n) is 8.27. The van der Waals surface area contributed by atoms with Crippen molar-refractivity contribution in [2.45, 2.75) is 38.0 Å². The Hall–Kier alpha value is -2.54. The predicted octanol–water partition coefficient (Wildman–Crippen LogP) is 8.03. The molecule has 0 atom stereocenters. The number of rotatable bonds is 8. The van der Waals surface area contributed by atoms with Crippen molar-refractivity contribution in [2.75, 3.05) is 0 Å². The summed E-state index contributed by atoms with van der Waals surface area (Å²) in [5, 5.41) is 0. The molecule has 0 heterocycles. The molecule has 2 aliphatic carbocycles. The average molecular weight is 572 g/mol. The van der Waals surface area contributed by atoms with E-state index >= 15 is 0 Å². The molecule has 4 rings (SSSR count). The number of hydrogen-bond donors (Lipinski definition) is 0. The van der Waals surface area contributed by atoms with Crippen LogP contribution in [-0.4, -0.2) is 12.4 Å². The molecule has 2 aromatic carbocycles. The molecular weight excluding hydrogens is 549 g/mol. The minimum absolute atomic E-state index is 0.0366. The van der Waals surface area contributed by atoms with Gasteiger partial charge >= 0.3 is 205 Å². The predicted molar refractivity (Wildman–Crippen MR) is 117 cm³/mol. The Morgan fingerprint density at radius 1 is 0.629 bits per heavy atom. The summed E-state index contributed by atoms with van der Waals surface area (Å²) in [6.45, 7) is 0. The van der Waals surface area contributed by atoms with Crippen LogP contribution in [0, 0.1) is 0 Å². The fraction of sp³-hybridized carbons (Fsp3) is 0.231. The van der Waals surface area contributed by atoms with E-state index in [2.05, 4.69) is 0 Å². The summed E-state index contributed by atoms with van der Waals surface area (Å²) in [6.07, 6.45) is 0.600. The van der Waals surface area contributed by atoms with E-state index in [0.29, 0.717) is 12.8 Å². The Labute approximate surface area is 204 Å². The second-order valence-corrected chi connectivity index (χ2v) is 15.5. The van der Waals surface area contributed by atoms with Gasteiger partial charge in [-0.25, -0.2) is 0 Å². The molecular formula is C26H22F6O2Zr. The minimum atomic E-state index is -4.80. The third kappa shape index (κ3) is 6.37. The van der Waals surface area contributed by atoms with Gasteiger partial charge in [-0.05, 0) is 0 Å². The van der Waals surface area contributed by atoms with Gasteiger partial charge in [0, 0.05) is 0 Å². The zero-order chi connectivity index (χ0) is 25.1. The van der Waals surface area contributed by atoms with Gasteiger partial charge in [-0.3, -0.25) is 0 Å². The summed E-state index contributed by atoms with van der Waals surface area (Å²) in [5.41, 5.74) is -0.0993. The number of para-hydroxylation sites is 2. The van der Waals surface area contributed by atoms with E-state index in [1.54, 1.807) is 24.3 Å². The number of hydrogen-bond acceptors (Lipinski definition) is 2. The van der Waals surface area contributed by atoms with Crippen molar-refractivity contribution in [3.63, 3.8) is 0 Å². The Bertz CT molecular complexity index is 1100. The molecule has 2 aromatic rings. The summed E-state index contributed by atoms with van der Waals surface area (Å²) in [6, 6.07) is 11.8. The molecule has 0 saturated heterocycles. The fourth-order valence-electron chi connectivity index (χ4n) is 4.11. The van der Waals surface area contributed by atoms with Gasteiger partial charge < -0.3 is 0 Å². The van der Waals surface area contributed by atoms with Gasteiger partial charge in [-0.1, -0.05) is 0 Å². The zero-order valence-corrected chi connectivity index (χ0v) is 21.0. The first-order chi connectivity index (χ1) is 16.6. The third-order valence-electron chi connectivity index (χ3n) is 5.62. The van der Waals surface area contributed by atoms with Crippen LogP contribution in [0.1, 0.15) is 24.0 Å². The van der Waals surface area contributed by atoms with Crippen LogP contribution in [0.25, 0.3) is 0 Å². The summed E-state index contributed by atoms with van der Waals surface area (Å²) >= 11 is -4.80. The summed E-state index contributed by atoms with van der Waals surface area (Å²) < 4.78 is 94.4. The van der Waals surface area contributed by atoms with Crippen LogP contribution in [0.2, 0.25) is 0 Å². The van der Waals surface area contributed by atoms with Crippen molar-refractivity contribution < 1.29 is 53.1 Å². The van der Waals surface area contributed by atoms with E-state index in [1.807, 2.05) is 24.3 Å². The molecule has 0 fully saturated rings. The van der Waals surface area contributed by atoms with Gasteiger partial charge in [0.05, 0.1) is 0 Å². The van der Waals surface area contributed by atoms with Crippen LogP contribution in [0.3, 0.4) is 0 Å². The van der Waals surface area contributed by atoms with Crippen LogP contribution in [0.15, 0.2) is 91.5 Å². The van der Waals surface area contributed by atoms with E-state index in [1.165, 1.54) is 36.4 Å². The van der Waals surface area contributed by atoms with Crippen molar-refractivity contribution >= 4 is 0 Å². The van der Waals surface area contributed by atoms with Crippen molar-refractivity contribution in [1.29, 1.82) is 0 Å². The van der Waals surface area contributed by atoms with E-state index in [9.17, 15) is 26.3 Å². The molecule has 2 aliphatic rings. The summed E-state index contributed by atoms with van der Waals surface area (Å²) in [5.74, 6) is 0.0732. The van der Waals surface area contributed by atoms with Crippen LogP contribution in [0.4, 0.5) is 26.3 Å². The first kappa shape index (κ1) is 25.6. The molecule has 0 spiro atoms. The molecule has 0 aromatic heterocycles. The first-order valence-corrected chi connectivity index (χ1v) is 15.4. The monoisotopic (exact) mass is 570 g/mol. The standard InChI is InChI=1S/2C8H7F3O.2C5H5.Zr/c2*9-8(10,11)5-6-3-1-2-4-7(6)12;2*1-2-4-5-3-1;/h2*1-4,12H,5H2;2*1-3H,4H2;/q;;;;+2/p-2. The molecule has 0 N–H and O–H groups in total. The Kier molecular flexibility index (Phi) is 7.46. The van der Waals surface area contributed by atoms with Crippen molar-refractivity contribution in [3.8, 4) is 11.5 Å². The molecule has 0 saturated carbocycles. The topological polar surface area (TPSA) is 18.5 Å².